The predicted molar refractivity (Wildman–Crippen MR) is 72.8 cm³/mol. The van der Waals surface area contributed by atoms with Crippen molar-refractivity contribution in [3.8, 4) is 5.88 Å². The molecule has 5 heteroatoms. The lowest BCUT2D eigenvalue weighted by atomic mass is 10.2. The second-order valence-electron chi connectivity index (χ2n) is 3.90. The van der Waals surface area contributed by atoms with Crippen LogP contribution in [-0.2, 0) is 0 Å². The van der Waals surface area contributed by atoms with Crippen LogP contribution in [0, 0.1) is 13.8 Å². The highest BCUT2D eigenvalue weighted by molar-refractivity contribution is 6.30. The Kier molecular flexibility index (Phi) is 3.67. The van der Waals surface area contributed by atoms with E-state index < -0.39 is 0 Å². The number of rotatable bonds is 3. The molecule has 0 saturated carbocycles. The quantitative estimate of drug-likeness (QED) is 0.921. The highest BCUT2D eigenvalue weighted by Crippen LogP contribution is 2.22. The number of hydrogen-bond donors (Lipinski definition) is 1. The Morgan fingerprint density at radius 2 is 1.78 bits per heavy atom. The van der Waals surface area contributed by atoms with Gasteiger partial charge in [-0.05, 0) is 38.1 Å². The lowest BCUT2D eigenvalue weighted by molar-refractivity contribution is 0.393. The number of anilines is 2. The van der Waals surface area contributed by atoms with Gasteiger partial charge in [0.2, 0.25) is 11.8 Å². The molecule has 0 atom stereocenters. The van der Waals surface area contributed by atoms with Gasteiger partial charge in [-0.3, -0.25) is 0 Å². The molecule has 4 nitrogen and oxygen atoms in total. The molecule has 18 heavy (non-hydrogen) atoms. The molecule has 0 bridgehead atoms. The molecule has 0 amide bonds. The van der Waals surface area contributed by atoms with E-state index in [1.165, 1.54) is 0 Å². The first kappa shape index (κ1) is 12.6. The average molecular weight is 264 g/mol. The van der Waals surface area contributed by atoms with Crippen molar-refractivity contribution in [3.63, 3.8) is 0 Å². The first-order chi connectivity index (χ1) is 8.60. The summed E-state index contributed by atoms with van der Waals surface area (Å²) in [6.45, 7) is 3.85. The molecule has 0 aliphatic carbocycles. The number of aryl methyl sites for hydroxylation is 1. The van der Waals surface area contributed by atoms with Crippen LogP contribution in [-0.4, -0.2) is 17.1 Å². The van der Waals surface area contributed by atoms with Crippen LogP contribution in [0.1, 0.15) is 11.3 Å². The van der Waals surface area contributed by atoms with Crippen LogP contribution < -0.4 is 10.1 Å². The lowest BCUT2D eigenvalue weighted by Gasteiger charge is -2.10. The smallest absolute Gasteiger partial charge is 0.230 e. The number of nitrogens with zero attached hydrogens (tertiary/aromatic N) is 2. The number of benzene rings is 1. The third kappa shape index (κ3) is 2.71. The van der Waals surface area contributed by atoms with Crippen molar-refractivity contribution in [3.05, 3.63) is 40.5 Å². The molecule has 1 aromatic heterocycles. The molecule has 0 aliphatic heterocycles. The Bertz CT molecular complexity index is 555. The van der Waals surface area contributed by atoms with Crippen molar-refractivity contribution >= 4 is 23.2 Å². The van der Waals surface area contributed by atoms with Gasteiger partial charge in [-0.1, -0.05) is 11.6 Å². The maximum atomic E-state index is 5.83. The molecule has 1 heterocycles. The molecule has 0 unspecified atom stereocenters. The molecule has 0 spiro atoms. The van der Waals surface area contributed by atoms with Crippen LogP contribution in [0.3, 0.4) is 0 Å². The molecule has 0 fully saturated rings. The standard InChI is InChI=1S/C13H14ClN3O/c1-8-9(2)15-13(17-12(8)18-3)16-11-6-4-10(14)5-7-11/h4-7H,1-3H3,(H,15,16,17). The van der Waals surface area contributed by atoms with Gasteiger partial charge in [-0.15, -0.1) is 0 Å². The Labute approximate surface area is 111 Å². The van der Waals surface area contributed by atoms with Crippen LogP contribution in [0.5, 0.6) is 5.88 Å². The van der Waals surface area contributed by atoms with E-state index in [4.69, 9.17) is 16.3 Å². The van der Waals surface area contributed by atoms with Crippen molar-refractivity contribution in [1.82, 2.24) is 9.97 Å². The van der Waals surface area contributed by atoms with Crippen LogP contribution in [0.4, 0.5) is 11.6 Å². The summed E-state index contributed by atoms with van der Waals surface area (Å²) in [5.74, 6) is 1.09. The number of methoxy groups -OCH3 is 1. The van der Waals surface area contributed by atoms with E-state index in [1.54, 1.807) is 7.11 Å². The minimum Gasteiger partial charge on any atom is -0.481 e. The fourth-order valence-electron chi connectivity index (χ4n) is 1.52. The summed E-state index contributed by atoms with van der Waals surface area (Å²) in [7, 11) is 1.60. The van der Waals surface area contributed by atoms with Crippen LogP contribution in [0.2, 0.25) is 5.02 Å². The van der Waals surface area contributed by atoms with E-state index >= 15 is 0 Å². The third-order valence-corrected chi connectivity index (χ3v) is 2.89. The summed E-state index contributed by atoms with van der Waals surface area (Å²) in [5, 5.41) is 3.81. The van der Waals surface area contributed by atoms with Crippen molar-refractivity contribution in [2.75, 3.05) is 12.4 Å². The van der Waals surface area contributed by atoms with Gasteiger partial charge in [0.25, 0.3) is 0 Å². The normalized spacial score (nSPS) is 10.2. The first-order valence-corrected chi connectivity index (χ1v) is 5.90. The van der Waals surface area contributed by atoms with E-state index in [-0.39, 0.29) is 0 Å². The zero-order valence-electron chi connectivity index (χ0n) is 10.5. The van der Waals surface area contributed by atoms with E-state index in [1.807, 2.05) is 38.1 Å². The van der Waals surface area contributed by atoms with Crippen LogP contribution >= 0.6 is 11.6 Å². The van der Waals surface area contributed by atoms with Gasteiger partial charge < -0.3 is 10.1 Å². The highest BCUT2D eigenvalue weighted by atomic mass is 35.5. The zero-order valence-corrected chi connectivity index (χ0v) is 11.2. The summed E-state index contributed by atoms with van der Waals surface area (Å²) in [6, 6.07) is 7.35. The predicted octanol–water partition coefficient (Wildman–Crippen LogP) is 3.50. The van der Waals surface area contributed by atoms with E-state index in [9.17, 15) is 0 Å². The summed E-state index contributed by atoms with van der Waals surface area (Å²) in [4.78, 5) is 8.66. The number of hydrogen-bond acceptors (Lipinski definition) is 4. The van der Waals surface area contributed by atoms with Gasteiger partial charge in [0.15, 0.2) is 0 Å². The molecule has 0 radical (unpaired) electrons. The molecule has 0 saturated heterocycles. The molecule has 94 valence electrons. The van der Waals surface area contributed by atoms with Crippen LogP contribution in [0.15, 0.2) is 24.3 Å². The average Bonchev–Trinajstić information content (AvgIpc) is 2.36. The minimum atomic E-state index is 0.511. The number of ether oxygens (including phenoxy) is 1. The minimum absolute atomic E-state index is 0.511. The molecular formula is C13H14ClN3O. The Morgan fingerprint density at radius 1 is 1.11 bits per heavy atom. The molecule has 2 aromatic rings. The van der Waals surface area contributed by atoms with Crippen molar-refractivity contribution in [2.24, 2.45) is 0 Å². The Morgan fingerprint density at radius 3 is 2.39 bits per heavy atom. The second kappa shape index (κ2) is 5.23. The molecule has 2 rings (SSSR count). The van der Waals surface area contributed by atoms with E-state index in [0.29, 0.717) is 16.9 Å². The SMILES string of the molecule is COc1nc(Nc2ccc(Cl)cc2)nc(C)c1C. The number of aromatic nitrogens is 2. The van der Waals surface area contributed by atoms with Crippen molar-refractivity contribution < 1.29 is 4.74 Å². The second-order valence-corrected chi connectivity index (χ2v) is 4.34. The van der Waals surface area contributed by atoms with E-state index in [2.05, 4.69) is 15.3 Å². The maximum Gasteiger partial charge on any atom is 0.230 e. The zero-order chi connectivity index (χ0) is 13.1. The Balaban J connectivity index is 2.29. The van der Waals surface area contributed by atoms with Crippen molar-refractivity contribution in [2.45, 2.75) is 13.8 Å². The molecule has 1 aromatic carbocycles. The molecular weight excluding hydrogens is 250 g/mol. The topological polar surface area (TPSA) is 47.0 Å². The first-order valence-electron chi connectivity index (χ1n) is 5.52. The maximum absolute atomic E-state index is 5.83. The van der Waals surface area contributed by atoms with Gasteiger partial charge in [-0.25, -0.2) is 4.98 Å². The number of nitrogens with one attached hydrogen (secondary N) is 1. The summed E-state index contributed by atoms with van der Waals surface area (Å²) in [5.41, 5.74) is 2.71. The largest absolute Gasteiger partial charge is 0.481 e. The molecule has 0 aliphatic rings. The van der Waals surface area contributed by atoms with Crippen molar-refractivity contribution in [1.29, 1.82) is 0 Å². The summed E-state index contributed by atoms with van der Waals surface area (Å²) < 4.78 is 5.21. The van der Waals surface area contributed by atoms with Crippen LogP contribution in [0.25, 0.3) is 0 Å². The Hall–Kier alpha value is -1.81. The fourth-order valence-corrected chi connectivity index (χ4v) is 1.65. The lowest BCUT2D eigenvalue weighted by Crippen LogP contribution is -2.03. The fraction of sp³-hybridized carbons (Fsp3) is 0.231. The van der Waals surface area contributed by atoms with E-state index in [0.717, 1.165) is 16.9 Å². The highest BCUT2D eigenvalue weighted by Gasteiger charge is 2.08. The number of halogens is 1. The van der Waals surface area contributed by atoms with Gasteiger partial charge in [0, 0.05) is 22.0 Å². The van der Waals surface area contributed by atoms with Gasteiger partial charge in [0.1, 0.15) is 0 Å². The third-order valence-electron chi connectivity index (χ3n) is 2.64. The summed E-state index contributed by atoms with van der Waals surface area (Å²) in [6.07, 6.45) is 0. The van der Waals surface area contributed by atoms with Gasteiger partial charge in [0.05, 0.1) is 7.11 Å². The summed E-state index contributed by atoms with van der Waals surface area (Å²) >= 11 is 5.83. The van der Waals surface area contributed by atoms with Gasteiger partial charge >= 0.3 is 0 Å². The monoisotopic (exact) mass is 263 g/mol. The van der Waals surface area contributed by atoms with Gasteiger partial charge in [-0.2, -0.15) is 4.98 Å². The molecule has 1 N–H and O–H groups in total.